The fourth-order valence-corrected chi connectivity index (χ4v) is 1.69. The van der Waals surface area contributed by atoms with E-state index in [2.05, 4.69) is 15.4 Å². The molecule has 1 aliphatic heterocycles. The maximum atomic E-state index is 12.8. The molecule has 0 bridgehead atoms. The number of halogens is 3. The molecule has 1 saturated heterocycles. The number of hydrogen-bond donors (Lipinski definition) is 1. The first-order chi connectivity index (χ1) is 8.48. The van der Waals surface area contributed by atoms with E-state index in [-0.39, 0.29) is 11.6 Å². The third-order valence-electron chi connectivity index (χ3n) is 2.50. The van der Waals surface area contributed by atoms with Crippen molar-refractivity contribution in [1.29, 1.82) is 0 Å². The second-order valence-electron chi connectivity index (χ2n) is 3.85. The van der Waals surface area contributed by atoms with Crippen molar-refractivity contribution in [3.63, 3.8) is 0 Å². The average Bonchev–Trinajstić information content (AvgIpc) is 2.53. The summed E-state index contributed by atoms with van der Waals surface area (Å²) < 4.78 is 38.3. The Morgan fingerprint density at radius 2 is 2.17 bits per heavy atom. The van der Waals surface area contributed by atoms with Crippen molar-refractivity contribution >= 4 is 11.6 Å². The van der Waals surface area contributed by atoms with Crippen molar-refractivity contribution in [2.75, 3.05) is 11.6 Å². The lowest BCUT2D eigenvalue weighted by Gasteiger charge is -2.24. The molecule has 8 heteroatoms. The zero-order valence-electron chi connectivity index (χ0n) is 9.29. The van der Waals surface area contributed by atoms with E-state index < -0.39 is 11.9 Å². The molecule has 0 aliphatic carbocycles. The summed E-state index contributed by atoms with van der Waals surface area (Å²) >= 11 is 0. The molecule has 2 rings (SSSR count). The number of nitrogens with zero attached hydrogens (tertiary/aromatic N) is 3. The Balaban J connectivity index is 2.34. The highest BCUT2D eigenvalue weighted by molar-refractivity contribution is 5.78. The van der Waals surface area contributed by atoms with Gasteiger partial charge >= 0.3 is 6.18 Å². The van der Waals surface area contributed by atoms with E-state index in [0.717, 1.165) is 11.2 Å². The van der Waals surface area contributed by atoms with Crippen LogP contribution in [0.4, 0.5) is 18.9 Å². The number of amides is 1. The van der Waals surface area contributed by atoms with Crippen LogP contribution in [0.5, 0.6) is 0 Å². The monoisotopic (exact) mass is 259 g/mol. The van der Waals surface area contributed by atoms with Crippen molar-refractivity contribution in [3.05, 3.63) is 18.2 Å². The summed E-state index contributed by atoms with van der Waals surface area (Å²) in [4.78, 5) is 17.9. The highest BCUT2D eigenvalue weighted by atomic mass is 19.4. The standard InChI is InChI=1S/C10H10F3N4O/c11-10(12,13)9-7(5-14-6-15-9)17-4-2-1-3-8(18)16-17/h5H,1-4H2,(H,16,18). The molecule has 1 amide bonds. The van der Waals surface area contributed by atoms with Gasteiger partial charge in [-0.25, -0.2) is 9.97 Å². The summed E-state index contributed by atoms with van der Waals surface area (Å²) in [5, 5.41) is 1.14. The molecular formula is C10H10F3N4O. The van der Waals surface area contributed by atoms with E-state index in [1.54, 1.807) is 0 Å². The van der Waals surface area contributed by atoms with Crippen molar-refractivity contribution in [1.82, 2.24) is 15.4 Å². The Morgan fingerprint density at radius 3 is 2.89 bits per heavy atom. The molecule has 1 aromatic rings. The van der Waals surface area contributed by atoms with Crippen molar-refractivity contribution < 1.29 is 18.0 Å². The van der Waals surface area contributed by atoms with Crippen LogP contribution in [0.25, 0.3) is 0 Å². The molecule has 1 aromatic heterocycles. The Bertz CT molecular complexity index is 449. The minimum atomic E-state index is -4.61. The minimum Gasteiger partial charge on any atom is -0.282 e. The Morgan fingerprint density at radius 1 is 1.39 bits per heavy atom. The predicted octanol–water partition coefficient (Wildman–Crippen LogP) is 1.32. The summed E-state index contributed by atoms with van der Waals surface area (Å²) in [6.45, 7) is 0.294. The number of carbonyl (C=O) groups excluding carboxylic acids is 1. The topological polar surface area (TPSA) is 58.1 Å². The fraction of sp³-hybridized carbons (Fsp3) is 0.500. The van der Waals surface area contributed by atoms with Gasteiger partial charge in [-0.1, -0.05) is 0 Å². The maximum absolute atomic E-state index is 12.8. The van der Waals surface area contributed by atoms with E-state index >= 15 is 0 Å². The van der Waals surface area contributed by atoms with Crippen molar-refractivity contribution in [3.8, 4) is 0 Å². The third-order valence-corrected chi connectivity index (χ3v) is 2.50. The minimum absolute atomic E-state index is 0.253. The van der Waals surface area contributed by atoms with Crippen LogP contribution in [0.1, 0.15) is 25.0 Å². The molecule has 97 valence electrons. The van der Waals surface area contributed by atoms with Gasteiger partial charge in [0.05, 0.1) is 6.20 Å². The second kappa shape index (κ2) is 4.79. The summed E-state index contributed by atoms with van der Waals surface area (Å²) in [6.07, 6.45) is -0.124. The normalized spacial score (nSPS) is 17.3. The van der Waals surface area contributed by atoms with Crippen LogP contribution in [-0.2, 0) is 11.0 Å². The molecule has 5 nitrogen and oxygen atoms in total. The summed E-state index contributed by atoms with van der Waals surface area (Å²) in [6, 6.07) is 0. The molecular weight excluding hydrogens is 249 g/mol. The van der Waals surface area contributed by atoms with Crippen LogP contribution in [0.15, 0.2) is 6.20 Å². The second-order valence-corrected chi connectivity index (χ2v) is 3.85. The fourth-order valence-electron chi connectivity index (χ4n) is 1.69. The van der Waals surface area contributed by atoms with Gasteiger partial charge in [-0.05, 0) is 12.8 Å². The van der Waals surface area contributed by atoms with Gasteiger partial charge in [0, 0.05) is 13.0 Å². The number of alkyl halides is 3. The largest absolute Gasteiger partial charge is 0.435 e. The van der Waals surface area contributed by atoms with Gasteiger partial charge in [-0.3, -0.25) is 15.2 Å². The van der Waals surface area contributed by atoms with Crippen LogP contribution < -0.4 is 10.4 Å². The molecule has 0 atom stereocenters. The third kappa shape index (κ3) is 2.69. The Kier molecular flexibility index (Phi) is 3.35. The van der Waals surface area contributed by atoms with Gasteiger partial charge in [-0.15, -0.1) is 0 Å². The SMILES string of the molecule is O=C1CCCCN(c2cn[c]nc2C(F)(F)F)N1. The molecule has 1 N–H and O–H groups in total. The van der Waals surface area contributed by atoms with Gasteiger partial charge in [0.15, 0.2) is 12.0 Å². The average molecular weight is 259 g/mol. The lowest BCUT2D eigenvalue weighted by Crippen LogP contribution is -2.42. The number of anilines is 1. The predicted molar refractivity (Wildman–Crippen MR) is 55.2 cm³/mol. The maximum Gasteiger partial charge on any atom is 0.435 e. The number of hydrogen-bond acceptors (Lipinski definition) is 4. The van der Waals surface area contributed by atoms with Crippen LogP contribution in [0, 0.1) is 6.33 Å². The molecule has 1 radical (unpaired) electrons. The molecule has 1 fully saturated rings. The van der Waals surface area contributed by atoms with Gasteiger partial charge < -0.3 is 0 Å². The summed E-state index contributed by atoms with van der Waals surface area (Å²) in [7, 11) is 0. The number of nitrogens with one attached hydrogen (secondary N) is 1. The Labute approximate surface area is 101 Å². The number of hydrazine groups is 1. The van der Waals surface area contributed by atoms with Crippen LogP contribution >= 0.6 is 0 Å². The van der Waals surface area contributed by atoms with Gasteiger partial charge in [0.25, 0.3) is 0 Å². The van der Waals surface area contributed by atoms with Crippen LogP contribution in [-0.4, -0.2) is 22.4 Å². The molecule has 0 aromatic carbocycles. The van der Waals surface area contributed by atoms with E-state index in [1.165, 1.54) is 0 Å². The van der Waals surface area contributed by atoms with E-state index in [1.807, 2.05) is 6.33 Å². The van der Waals surface area contributed by atoms with E-state index in [9.17, 15) is 18.0 Å². The van der Waals surface area contributed by atoms with Crippen LogP contribution in [0.3, 0.4) is 0 Å². The molecule has 0 unspecified atom stereocenters. The molecule has 2 heterocycles. The smallest absolute Gasteiger partial charge is 0.282 e. The lowest BCUT2D eigenvalue weighted by atomic mass is 10.2. The van der Waals surface area contributed by atoms with Crippen LogP contribution in [0.2, 0.25) is 0 Å². The summed E-state index contributed by atoms with van der Waals surface area (Å²) in [5.41, 5.74) is 1.06. The first-order valence-corrected chi connectivity index (χ1v) is 5.36. The first-order valence-electron chi connectivity index (χ1n) is 5.36. The Hall–Kier alpha value is -1.86. The van der Waals surface area contributed by atoms with Gasteiger partial charge in [-0.2, -0.15) is 13.2 Å². The quantitative estimate of drug-likeness (QED) is 0.826. The van der Waals surface area contributed by atoms with Gasteiger partial charge in [0.1, 0.15) is 5.69 Å². The lowest BCUT2D eigenvalue weighted by molar-refractivity contribution is -0.141. The van der Waals surface area contributed by atoms with E-state index in [0.29, 0.717) is 25.8 Å². The molecule has 18 heavy (non-hydrogen) atoms. The summed E-state index contributed by atoms with van der Waals surface area (Å²) in [5.74, 6) is -0.312. The number of aromatic nitrogens is 2. The zero-order valence-corrected chi connectivity index (χ0v) is 9.29. The van der Waals surface area contributed by atoms with Gasteiger partial charge in [0.2, 0.25) is 5.91 Å². The van der Waals surface area contributed by atoms with Crippen molar-refractivity contribution in [2.45, 2.75) is 25.4 Å². The number of rotatable bonds is 1. The van der Waals surface area contributed by atoms with Crippen molar-refractivity contribution in [2.24, 2.45) is 0 Å². The molecule has 0 spiro atoms. The highest BCUT2D eigenvalue weighted by Crippen LogP contribution is 2.34. The number of carbonyl (C=O) groups is 1. The van der Waals surface area contributed by atoms with E-state index in [4.69, 9.17) is 0 Å². The molecule has 1 aliphatic rings. The zero-order chi connectivity index (χ0) is 13.2. The molecule has 0 saturated carbocycles. The first kappa shape index (κ1) is 12.6. The highest BCUT2D eigenvalue weighted by Gasteiger charge is 2.37.